The van der Waals surface area contributed by atoms with Gasteiger partial charge in [-0.15, -0.1) is 0 Å². The summed E-state index contributed by atoms with van der Waals surface area (Å²) in [6, 6.07) is 0.108. The Labute approximate surface area is 175 Å². The number of hydrogen-bond donors (Lipinski definition) is 2. The molecule has 0 rings (SSSR count). The molecule has 0 bridgehead atoms. The Bertz CT molecular complexity index is 331. The van der Waals surface area contributed by atoms with E-state index in [0.717, 1.165) is 19.4 Å². The van der Waals surface area contributed by atoms with Gasteiger partial charge in [0.1, 0.15) is 6.79 Å². The highest BCUT2D eigenvalue weighted by Gasteiger charge is 2.20. The van der Waals surface area contributed by atoms with Crippen LogP contribution in [0.15, 0.2) is 0 Å². The fourth-order valence-corrected chi connectivity index (χ4v) is 1.64. The second-order valence-electron chi connectivity index (χ2n) is 10.1. The van der Waals surface area contributed by atoms with Gasteiger partial charge in [0.2, 0.25) is 0 Å². The summed E-state index contributed by atoms with van der Waals surface area (Å²) in [5.74, 6) is 0.0590. The third-order valence-electron chi connectivity index (χ3n) is 3.76. The van der Waals surface area contributed by atoms with E-state index >= 15 is 0 Å². The smallest absolute Gasteiger partial charge is 0.162 e. The maximum atomic E-state index is 5.78. The monoisotopic (exact) mass is 406 g/mol. The van der Waals surface area contributed by atoms with Crippen molar-refractivity contribution >= 4 is 0 Å². The van der Waals surface area contributed by atoms with Crippen molar-refractivity contribution in [2.24, 2.45) is 22.8 Å². The normalized spacial score (nSPS) is 15.0. The minimum Gasteiger partial charge on any atom is -0.355 e. The predicted octanol–water partition coefficient (Wildman–Crippen LogP) is 4.30. The third-order valence-corrected chi connectivity index (χ3v) is 3.76. The van der Waals surface area contributed by atoms with Crippen molar-refractivity contribution in [3.63, 3.8) is 0 Å². The van der Waals surface area contributed by atoms with Crippen molar-refractivity contribution in [1.29, 1.82) is 0 Å². The molecular formula is C22H50N2O4. The molecule has 0 radical (unpaired) electrons. The summed E-state index contributed by atoms with van der Waals surface area (Å²) in [6.45, 7) is 23.4. The van der Waals surface area contributed by atoms with Crippen LogP contribution in [0, 0.1) is 11.3 Å². The molecule has 0 aliphatic carbocycles. The van der Waals surface area contributed by atoms with Crippen LogP contribution in [0.2, 0.25) is 0 Å². The number of hydrogen-bond acceptors (Lipinski definition) is 6. The summed E-state index contributed by atoms with van der Waals surface area (Å²) < 4.78 is 21.9. The lowest BCUT2D eigenvalue weighted by atomic mass is 9.99. The summed E-state index contributed by atoms with van der Waals surface area (Å²) in [4.78, 5) is 0. The van der Waals surface area contributed by atoms with E-state index in [1.165, 1.54) is 0 Å². The van der Waals surface area contributed by atoms with Gasteiger partial charge < -0.3 is 30.4 Å². The maximum absolute atomic E-state index is 5.78. The van der Waals surface area contributed by atoms with Crippen LogP contribution in [0.3, 0.4) is 0 Å². The minimum atomic E-state index is -0.518. The van der Waals surface area contributed by atoms with Crippen LogP contribution in [0.5, 0.6) is 0 Å². The fraction of sp³-hybridized carbons (Fsp3) is 1.00. The van der Waals surface area contributed by atoms with E-state index < -0.39 is 5.79 Å². The summed E-state index contributed by atoms with van der Waals surface area (Å²) in [5, 5.41) is 0. The van der Waals surface area contributed by atoms with Gasteiger partial charge in [0.25, 0.3) is 0 Å². The lowest BCUT2D eigenvalue weighted by molar-refractivity contribution is -0.220. The van der Waals surface area contributed by atoms with E-state index in [4.69, 9.17) is 30.4 Å². The highest BCUT2D eigenvalue weighted by Crippen LogP contribution is 2.15. The molecule has 2 atom stereocenters. The Balaban J connectivity index is 0. The van der Waals surface area contributed by atoms with E-state index in [1.807, 2.05) is 27.7 Å². The average Bonchev–Trinajstić information content (AvgIpc) is 2.56. The van der Waals surface area contributed by atoms with Gasteiger partial charge in [0.05, 0.1) is 26.4 Å². The van der Waals surface area contributed by atoms with Crippen molar-refractivity contribution in [1.82, 2.24) is 0 Å². The molecule has 0 aromatic rings. The van der Waals surface area contributed by atoms with Crippen molar-refractivity contribution in [3.05, 3.63) is 0 Å². The Kier molecular flexibility index (Phi) is 15.7. The van der Waals surface area contributed by atoms with Crippen molar-refractivity contribution in [3.8, 4) is 0 Å². The molecule has 172 valence electrons. The molecule has 2 unspecified atom stereocenters. The van der Waals surface area contributed by atoms with Gasteiger partial charge in [-0.05, 0) is 45.4 Å². The van der Waals surface area contributed by atoms with Crippen molar-refractivity contribution < 1.29 is 18.9 Å². The molecule has 0 saturated heterocycles. The number of ether oxygens (including phenoxy) is 4. The van der Waals surface area contributed by atoms with Gasteiger partial charge in [-0.25, -0.2) is 0 Å². The van der Waals surface area contributed by atoms with Crippen LogP contribution in [0.25, 0.3) is 0 Å². The Morgan fingerprint density at radius 3 is 1.71 bits per heavy atom. The lowest BCUT2D eigenvalue weighted by Crippen LogP contribution is -2.37. The summed E-state index contributed by atoms with van der Waals surface area (Å²) in [6.07, 6.45) is 2.06. The number of rotatable bonds is 13. The molecule has 0 saturated carbocycles. The van der Waals surface area contributed by atoms with Gasteiger partial charge in [-0.2, -0.15) is 0 Å². The highest BCUT2D eigenvalue weighted by atomic mass is 16.7. The first kappa shape index (κ1) is 30.0. The van der Waals surface area contributed by atoms with Crippen molar-refractivity contribution in [2.75, 3.05) is 33.2 Å². The lowest BCUT2D eigenvalue weighted by Gasteiger charge is -2.28. The summed E-state index contributed by atoms with van der Waals surface area (Å²) in [5.41, 5.74) is 11.4. The minimum absolute atomic E-state index is 0.108. The zero-order valence-corrected chi connectivity index (χ0v) is 20.4. The predicted molar refractivity (Wildman–Crippen MR) is 118 cm³/mol. The Morgan fingerprint density at radius 2 is 1.29 bits per heavy atom. The standard InChI is InChI=1S/C12H27NO2.C10H23NO2/c1-6-10(3)8-14-12(4,5)15-9-11(13)7-2;1-9(2,3)6-12-8-13-7-10(4,5)11/h10-11H,6-9,13H2,1-5H3;6-8,11H2,1-5H3. The van der Waals surface area contributed by atoms with Crippen molar-refractivity contribution in [2.45, 2.75) is 99.4 Å². The Hall–Kier alpha value is -0.240. The third kappa shape index (κ3) is 23.8. The molecule has 0 amide bonds. The topological polar surface area (TPSA) is 89.0 Å². The molecule has 0 aliphatic rings. The largest absolute Gasteiger partial charge is 0.355 e. The summed E-state index contributed by atoms with van der Waals surface area (Å²) >= 11 is 0. The van der Waals surface area contributed by atoms with E-state index in [2.05, 4.69) is 41.5 Å². The highest BCUT2D eigenvalue weighted by molar-refractivity contribution is 4.69. The van der Waals surface area contributed by atoms with Crippen LogP contribution in [0.4, 0.5) is 0 Å². The van der Waals surface area contributed by atoms with Gasteiger partial charge in [-0.3, -0.25) is 0 Å². The molecule has 6 heteroatoms. The van der Waals surface area contributed by atoms with Crippen LogP contribution in [-0.4, -0.2) is 50.6 Å². The molecule has 0 aliphatic heterocycles. The molecule has 0 aromatic heterocycles. The molecule has 28 heavy (non-hydrogen) atoms. The second-order valence-corrected chi connectivity index (χ2v) is 10.1. The van der Waals surface area contributed by atoms with Gasteiger partial charge in [-0.1, -0.05) is 48.0 Å². The first-order valence-electron chi connectivity index (χ1n) is 10.6. The van der Waals surface area contributed by atoms with E-state index in [9.17, 15) is 0 Å². The van der Waals surface area contributed by atoms with Gasteiger partial charge >= 0.3 is 0 Å². The molecule has 0 aromatic carbocycles. The van der Waals surface area contributed by atoms with Crippen LogP contribution in [0.1, 0.15) is 82.1 Å². The summed E-state index contributed by atoms with van der Waals surface area (Å²) in [7, 11) is 0. The van der Waals surface area contributed by atoms with Crippen LogP contribution < -0.4 is 11.5 Å². The zero-order chi connectivity index (χ0) is 22.4. The van der Waals surface area contributed by atoms with E-state index in [1.54, 1.807) is 0 Å². The Morgan fingerprint density at radius 1 is 0.786 bits per heavy atom. The van der Waals surface area contributed by atoms with Crippen LogP contribution in [-0.2, 0) is 18.9 Å². The SMILES string of the molecule is CC(C)(C)COCOCC(C)(C)N.CCC(C)COC(C)(C)OCC(N)CC. The fourth-order valence-electron chi connectivity index (χ4n) is 1.64. The van der Waals surface area contributed by atoms with Gasteiger partial charge in [0, 0.05) is 11.6 Å². The molecule has 0 fully saturated rings. The quantitative estimate of drug-likeness (QED) is 0.350. The van der Waals surface area contributed by atoms with E-state index in [-0.39, 0.29) is 17.0 Å². The van der Waals surface area contributed by atoms with Gasteiger partial charge in [0.15, 0.2) is 5.79 Å². The molecule has 6 nitrogen and oxygen atoms in total. The first-order valence-corrected chi connectivity index (χ1v) is 10.6. The number of nitrogens with two attached hydrogens (primary N) is 2. The zero-order valence-electron chi connectivity index (χ0n) is 20.4. The maximum Gasteiger partial charge on any atom is 0.162 e. The van der Waals surface area contributed by atoms with E-state index in [0.29, 0.717) is 32.5 Å². The van der Waals surface area contributed by atoms with Crippen LogP contribution >= 0.6 is 0 Å². The first-order chi connectivity index (χ1) is 12.6. The average molecular weight is 407 g/mol. The molecule has 0 heterocycles. The molecular weight excluding hydrogens is 356 g/mol. The second kappa shape index (κ2) is 14.7. The molecule has 4 N–H and O–H groups in total. The molecule has 0 spiro atoms.